The smallest absolute Gasteiger partial charge is 0.147 e. The van der Waals surface area contributed by atoms with E-state index >= 15 is 0 Å². The van der Waals surface area contributed by atoms with Gasteiger partial charge in [-0.3, -0.25) is 0 Å². The highest BCUT2D eigenvalue weighted by Gasteiger charge is 2.11. The second-order valence-corrected chi connectivity index (χ2v) is 4.84. The van der Waals surface area contributed by atoms with Crippen molar-refractivity contribution in [1.82, 2.24) is 4.57 Å². The Bertz CT molecular complexity index is 780. The van der Waals surface area contributed by atoms with Crippen molar-refractivity contribution in [2.24, 2.45) is 0 Å². The summed E-state index contributed by atoms with van der Waals surface area (Å²) in [5, 5.41) is 10.3. The van der Waals surface area contributed by atoms with Crippen LogP contribution in [-0.4, -0.2) is 9.67 Å². The monoisotopic (exact) mass is 285 g/mol. The predicted molar refractivity (Wildman–Crippen MR) is 80.0 cm³/mol. The highest BCUT2D eigenvalue weighted by Crippen LogP contribution is 2.24. The molecule has 0 saturated carbocycles. The van der Waals surface area contributed by atoms with Gasteiger partial charge in [-0.25, -0.2) is 4.39 Å². The molecule has 2 aromatic carbocycles. The van der Waals surface area contributed by atoms with Crippen molar-refractivity contribution in [3.63, 3.8) is 0 Å². The van der Waals surface area contributed by atoms with Gasteiger partial charge in [0.2, 0.25) is 0 Å². The lowest BCUT2D eigenvalue weighted by molar-refractivity contribution is 0.294. The lowest BCUT2D eigenvalue weighted by atomic mass is 10.2. The summed E-state index contributed by atoms with van der Waals surface area (Å²) in [6, 6.07) is 13.6. The third-order valence-electron chi connectivity index (χ3n) is 3.48. The molecular formula is C17H16FNO2. The largest absolute Gasteiger partial charge is 0.508 e. The quantitative estimate of drug-likeness (QED) is 0.783. The van der Waals surface area contributed by atoms with Crippen LogP contribution in [0.1, 0.15) is 12.6 Å². The molecular weight excluding hydrogens is 269 g/mol. The maximum Gasteiger partial charge on any atom is 0.147 e. The average Bonchev–Trinajstić information content (AvgIpc) is 2.84. The van der Waals surface area contributed by atoms with E-state index in [4.69, 9.17) is 4.74 Å². The molecule has 0 atom stereocenters. The van der Waals surface area contributed by atoms with Crippen molar-refractivity contribution in [3.8, 4) is 11.5 Å². The van der Waals surface area contributed by atoms with Gasteiger partial charge in [-0.1, -0.05) is 18.2 Å². The fraction of sp³-hybridized carbons (Fsp3) is 0.176. The second-order valence-electron chi connectivity index (χ2n) is 4.84. The molecule has 108 valence electrons. The summed E-state index contributed by atoms with van der Waals surface area (Å²) >= 11 is 0. The van der Waals surface area contributed by atoms with Crippen LogP contribution >= 0.6 is 0 Å². The zero-order valence-electron chi connectivity index (χ0n) is 11.7. The SMILES string of the molecule is CCn1c(COc2cccc(O)c2)cc2cccc(F)c21. The molecule has 1 heterocycles. The van der Waals surface area contributed by atoms with Crippen molar-refractivity contribution in [2.75, 3.05) is 0 Å². The number of hydrogen-bond acceptors (Lipinski definition) is 2. The van der Waals surface area contributed by atoms with Gasteiger partial charge in [-0.15, -0.1) is 0 Å². The van der Waals surface area contributed by atoms with Crippen LogP contribution in [0.2, 0.25) is 0 Å². The lowest BCUT2D eigenvalue weighted by Gasteiger charge is -2.10. The number of nitrogens with zero attached hydrogens (tertiary/aromatic N) is 1. The molecule has 21 heavy (non-hydrogen) atoms. The minimum Gasteiger partial charge on any atom is -0.508 e. The minimum absolute atomic E-state index is 0.162. The Balaban J connectivity index is 1.92. The fourth-order valence-corrected chi connectivity index (χ4v) is 2.55. The Kier molecular flexibility index (Phi) is 3.52. The number of phenolic OH excluding ortho intramolecular Hbond substituents is 1. The van der Waals surface area contributed by atoms with Crippen LogP contribution in [0.4, 0.5) is 4.39 Å². The molecule has 0 amide bonds. The third kappa shape index (κ3) is 2.57. The maximum atomic E-state index is 14.0. The van der Waals surface area contributed by atoms with Crippen LogP contribution in [0.15, 0.2) is 48.5 Å². The van der Waals surface area contributed by atoms with Gasteiger partial charge in [0.15, 0.2) is 0 Å². The van der Waals surface area contributed by atoms with E-state index in [0.717, 1.165) is 11.1 Å². The van der Waals surface area contributed by atoms with Crippen molar-refractivity contribution in [1.29, 1.82) is 0 Å². The summed E-state index contributed by atoms with van der Waals surface area (Å²) in [6.45, 7) is 2.97. The second kappa shape index (κ2) is 5.48. The Labute approximate surface area is 122 Å². The first-order valence-corrected chi connectivity index (χ1v) is 6.87. The number of benzene rings is 2. The first kappa shape index (κ1) is 13.5. The van der Waals surface area contributed by atoms with E-state index in [9.17, 15) is 9.50 Å². The summed E-state index contributed by atoms with van der Waals surface area (Å²) in [5.41, 5.74) is 1.51. The van der Waals surface area contributed by atoms with E-state index in [1.54, 1.807) is 30.3 Å². The molecule has 1 aromatic heterocycles. The molecule has 0 saturated heterocycles. The molecule has 0 aliphatic heterocycles. The normalized spacial score (nSPS) is 11.0. The summed E-state index contributed by atoms with van der Waals surface area (Å²) in [7, 11) is 0. The predicted octanol–water partition coefficient (Wildman–Crippen LogP) is 4.08. The number of phenols is 1. The fourth-order valence-electron chi connectivity index (χ4n) is 2.55. The number of aromatic hydroxyl groups is 1. The topological polar surface area (TPSA) is 34.4 Å². The third-order valence-corrected chi connectivity index (χ3v) is 3.48. The van der Waals surface area contributed by atoms with Crippen LogP contribution in [0.25, 0.3) is 10.9 Å². The van der Waals surface area contributed by atoms with Gasteiger partial charge in [0.05, 0.1) is 11.2 Å². The Morgan fingerprint density at radius 2 is 1.95 bits per heavy atom. The number of aromatic nitrogens is 1. The van der Waals surface area contributed by atoms with E-state index in [1.807, 2.05) is 23.6 Å². The van der Waals surface area contributed by atoms with Crippen molar-refractivity contribution in [2.45, 2.75) is 20.1 Å². The molecule has 0 aliphatic rings. The Morgan fingerprint density at radius 3 is 2.71 bits per heavy atom. The van der Waals surface area contributed by atoms with Gasteiger partial charge in [0, 0.05) is 18.0 Å². The molecule has 0 fully saturated rings. The number of ether oxygens (including phenoxy) is 1. The molecule has 3 aromatic rings. The van der Waals surface area contributed by atoms with Crippen LogP contribution in [0.3, 0.4) is 0 Å². The number of halogens is 1. The summed E-state index contributed by atoms with van der Waals surface area (Å²) in [4.78, 5) is 0. The maximum absolute atomic E-state index is 14.0. The highest BCUT2D eigenvalue weighted by molar-refractivity contribution is 5.81. The summed E-state index contributed by atoms with van der Waals surface area (Å²) in [6.07, 6.45) is 0. The number of aryl methyl sites for hydroxylation is 1. The molecule has 0 aliphatic carbocycles. The first-order valence-electron chi connectivity index (χ1n) is 6.87. The van der Waals surface area contributed by atoms with Crippen molar-refractivity contribution in [3.05, 3.63) is 60.0 Å². The molecule has 1 N–H and O–H groups in total. The summed E-state index contributed by atoms with van der Waals surface area (Å²) < 4.78 is 21.6. The zero-order valence-corrected chi connectivity index (χ0v) is 11.7. The molecule has 0 spiro atoms. The minimum atomic E-state index is -0.224. The molecule has 3 nitrogen and oxygen atoms in total. The molecule has 4 heteroatoms. The van der Waals surface area contributed by atoms with Gasteiger partial charge >= 0.3 is 0 Å². The molecule has 0 unspecified atom stereocenters. The van der Waals surface area contributed by atoms with Gasteiger partial charge in [-0.2, -0.15) is 0 Å². The first-order chi connectivity index (χ1) is 10.2. The molecule has 3 rings (SSSR count). The lowest BCUT2D eigenvalue weighted by Crippen LogP contribution is -2.05. The van der Waals surface area contributed by atoms with Gasteiger partial charge in [0.25, 0.3) is 0 Å². The highest BCUT2D eigenvalue weighted by atomic mass is 19.1. The van der Waals surface area contributed by atoms with E-state index < -0.39 is 0 Å². The van der Waals surface area contributed by atoms with Crippen molar-refractivity contribution >= 4 is 10.9 Å². The van der Waals surface area contributed by atoms with Crippen molar-refractivity contribution < 1.29 is 14.2 Å². The van der Waals surface area contributed by atoms with E-state index in [2.05, 4.69) is 0 Å². The van der Waals surface area contributed by atoms with E-state index in [1.165, 1.54) is 6.07 Å². The van der Waals surface area contributed by atoms with Gasteiger partial charge in [0.1, 0.15) is 23.9 Å². The average molecular weight is 285 g/mol. The molecule has 0 radical (unpaired) electrons. The zero-order chi connectivity index (χ0) is 14.8. The van der Waals surface area contributed by atoms with Crippen LogP contribution in [0.5, 0.6) is 11.5 Å². The van der Waals surface area contributed by atoms with Crippen LogP contribution in [0, 0.1) is 5.82 Å². The number of rotatable bonds is 4. The number of hydrogen-bond donors (Lipinski definition) is 1. The van der Waals surface area contributed by atoms with Crippen LogP contribution < -0.4 is 4.74 Å². The number of para-hydroxylation sites is 1. The Hall–Kier alpha value is -2.49. The van der Waals surface area contributed by atoms with Gasteiger partial charge < -0.3 is 14.4 Å². The van der Waals surface area contributed by atoms with E-state index in [-0.39, 0.29) is 11.6 Å². The number of fused-ring (bicyclic) bond motifs is 1. The standard InChI is InChI=1S/C17H16FNO2/c1-2-19-13(9-12-5-3-8-16(18)17(12)19)11-21-15-7-4-6-14(20)10-15/h3-10,20H,2,11H2,1H3. The molecule has 0 bridgehead atoms. The van der Waals surface area contributed by atoms with E-state index in [0.29, 0.717) is 24.4 Å². The van der Waals surface area contributed by atoms with Crippen LogP contribution in [-0.2, 0) is 13.2 Å². The summed E-state index contributed by atoms with van der Waals surface area (Å²) in [5.74, 6) is 0.524. The van der Waals surface area contributed by atoms with Gasteiger partial charge in [-0.05, 0) is 31.2 Å². The Morgan fingerprint density at radius 1 is 1.14 bits per heavy atom.